The Morgan fingerprint density at radius 1 is 1.43 bits per heavy atom. The number of anilines is 1. The van der Waals surface area contributed by atoms with Crippen LogP contribution in [0.4, 0.5) is 5.69 Å². The van der Waals surface area contributed by atoms with Crippen molar-refractivity contribution < 1.29 is 4.79 Å². The third kappa shape index (κ3) is 3.21. The lowest BCUT2D eigenvalue weighted by molar-refractivity contribution is 0.0745. The first-order chi connectivity index (χ1) is 10.0. The van der Waals surface area contributed by atoms with E-state index in [1.165, 1.54) is 0 Å². The molecule has 3 N–H and O–H groups in total. The third-order valence-electron chi connectivity index (χ3n) is 3.36. The van der Waals surface area contributed by atoms with E-state index in [0.717, 1.165) is 11.4 Å². The molecule has 6 nitrogen and oxygen atoms in total. The van der Waals surface area contributed by atoms with Gasteiger partial charge in [0, 0.05) is 12.7 Å². The van der Waals surface area contributed by atoms with E-state index in [-0.39, 0.29) is 17.5 Å². The van der Waals surface area contributed by atoms with Gasteiger partial charge in [-0.05, 0) is 25.0 Å². The van der Waals surface area contributed by atoms with Gasteiger partial charge in [0.25, 0.3) is 5.91 Å². The fourth-order valence-corrected chi connectivity index (χ4v) is 2.13. The number of hydrogen-bond donors (Lipinski definition) is 2. The second-order valence-corrected chi connectivity index (χ2v) is 5.19. The number of carbonyl (C=O) groups excluding carboxylic acids is 1. The van der Waals surface area contributed by atoms with E-state index in [9.17, 15) is 4.79 Å². The molecule has 0 aliphatic heterocycles. The van der Waals surface area contributed by atoms with Crippen molar-refractivity contribution in [1.82, 2.24) is 20.1 Å². The van der Waals surface area contributed by atoms with Gasteiger partial charge >= 0.3 is 0 Å². The Morgan fingerprint density at radius 2 is 2.19 bits per heavy atom. The van der Waals surface area contributed by atoms with Gasteiger partial charge in [0.15, 0.2) is 5.69 Å². The van der Waals surface area contributed by atoms with E-state index < -0.39 is 0 Å². The SMILES string of the molecule is CCN(Cc1ccccn1)C(=O)c1n[nH]c(C(C)C)c1N. The summed E-state index contributed by atoms with van der Waals surface area (Å²) in [6, 6.07) is 5.64. The van der Waals surface area contributed by atoms with Crippen molar-refractivity contribution in [2.75, 3.05) is 12.3 Å². The van der Waals surface area contributed by atoms with Gasteiger partial charge in [-0.25, -0.2) is 0 Å². The summed E-state index contributed by atoms with van der Waals surface area (Å²) in [6.07, 6.45) is 1.72. The summed E-state index contributed by atoms with van der Waals surface area (Å²) < 4.78 is 0. The lowest BCUT2D eigenvalue weighted by Gasteiger charge is -2.19. The molecule has 0 saturated carbocycles. The van der Waals surface area contributed by atoms with Crippen LogP contribution in [0.2, 0.25) is 0 Å². The zero-order chi connectivity index (χ0) is 15.4. The number of amides is 1. The highest BCUT2D eigenvalue weighted by Gasteiger charge is 2.23. The molecule has 21 heavy (non-hydrogen) atoms. The van der Waals surface area contributed by atoms with Crippen LogP contribution in [0.15, 0.2) is 24.4 Å². The van der Waals surface area contributed by atoms with Crippen LogP contribution in [0.25, 0.3) is 0 Å². The molecule has 0 fully saturated rings. The van der Waals surface area contributed by atoms with Crippen LogP contribution in [0.5, 0.6) is 0 Å². The van der Waals surface area contributed by atoms with Crippen molar-refractivity contribution in [2.45, 2.75) is 33.2 Å². The predicted molar refractivity (Wildman–Crippen MR) is 81.7 cm³/mol. The molecule has 0 aromatic carbocycles. The Hall–Kier alpha value is -2.37. The molecule has 6 heteroatoms. The third-order valence-corrected chi connectivity index (χ3v) is 3.36. The normalized spacial score (nSPS) is 10.9. The fraction of sp³-hybridized carbons (Fsp3) is 0.400. The average Bonchev–Trinajstić information content (AvgIpc) is 2.87. The standard InChI is InChI=1S/C15H21N5O/c1-4-20(9-11-7-5-6-8-17-11)15(21)14-12(16)13(10(2)3)18-19-14/h5-8,10H,4,9,16H2,1-3H3,(H,18,19). The number of hydrogen-bond acceptors (Lipinski definition) is 4. The van der Waals surface area contributed by atoms with Gasteiger partial charge in [-0.2, -0.15) is 5.10 Å². The molecular formula is C15H21N5O. The van der Waals surface area contributed by atoms with Gasteiger partial charge in [-0.3, -0.25) is 14.9 Å². The maximum Gasteiger partial charge on any atom is 0.276 e. The summed E-state index contributed by atoms with van der Waals surface area (Å²) >= 11 is 0. The van der Waals surface area contributed by atoms with Crippen molar-refractivity contribution in [1.29, 1.82) is 0 Å². The molecule has 0 saturated heterocycles. The summed E-state index contributed by atoms with van der Waals surface area (Å²) in [5, 5.41) is 6.94. The molecule has 0 bridgehead atoms. The fourth-order valence-electron chi connectivity index (χ4n) is 2.13. The van der Waals surface area contributed by atoms with Crippen molar-refractivity contribution in [3.05, 3.63) is 41.5 Å². The maximum atomic E-state index is 12.6. The summed E-state index contributed by atoms with van der Waals surface area (Å²) in [7, 11) is 0. The van der Waals surface area contributed by atoms with E-state index in [4.69, 9.17) is 5.73 Å². The largest absolute Gasteiger partial charge is 0.395 e. The Labute approximate surface area is 124 Å². The highest BCUT2D eigenvalue weighted by Crippen LogP contribution is 2.23. The molecule has 112 valence electrons. The summed E-state index contributed by atoms with van der Waals surface area (Å²) in [5.41, 5.74) is 8.40. The Bertz CT molecular complexity index is 606. The molecular weight excluding hydrogens is 266 g/mol. The zero-order valence-electron chi connectivity index (χ0n) is 12.6. The van der Waals surface area contributed by atoms with E-state index in [1.54, 1.807) is 11.1 Å². The Kier molecular flexibility index (Phi) is 4.57. The van der Waals surface area contributed by atoms with Crippen LogP contribution in [-0.4, -0.2) is 32.5 Å². The van der Waals surface area contributed by atoms with Gasteiger partial charge in [0.1, 0.15) is 0 Å². The van der Waals surface area contributed by atoms with E-state index in [1.807, 2.05) is 39.0 Å². The Morgan fingerprint density at radius 3 is 2.71 bits per heavy atom. The molecule has 0 spiro atoms. The van der Waals surface area contributed by atoms with Crippen molar-refractivity contribution in [2.24, 2.45) is 0 Å². The first kappa shape index (κ1) is 15.0. The highest BCUT2D eigenvalue weighted by molar-refractivity contribution is 5.97. The number of nitrogen functional groups attached to an aromatic ring is 1. The highest BCUT2D eigenvalue weighted by atomic mass is 16.2. The molecule has 0 aliphatic carbocycles. The topological polar surface area (TPSA) is 87.9 Å². The summed E-state index contributed by atoms with van der Waals surface area (Å²) in [6.45, 7) is 6.94. The van der Waals surface area contributed by atoms with Gasteiger partial charge in [0.2, 0.25) is 0 Å². The van der Waals surface area contributed by atoms with Crippen LogP contribution in [0.1, 0.15) is 48.6 Å². The number of aromatic nitrogens is 3. The number of aromatic amines is 1. The van der Waals surface area contributed by atoms with E-state index in [2.05, 4.69) is 15.2 Å². The maximum absolute atomic E-state index is 12.6. The quantitative estimate of drug-likeness (QED) is 0.882. The first-order valence-electron chi connectivity index (χ1n) is 7.07. The first-order valence-corrected chi connectivity index (χ1v) is 7.07. The molecule has 0 unspecified atom stereocenters. The van der Waals surface area contributed by atoms with Crippen molar-refractivity contribution in [3.63, 3.8) is 0 Å². The van der Waals surface area contributed by atoms with Gasteiger partial charge < -0.3 is 10.6 Å². The second-order valence-electron chi connectivity index (χ2n) is 5.19. The van der Waals surface area contributed by atoms with Gasteiger partial charge in [0.05, 0.1) is 23.6 Å². The molecule has 1 amide bonds. The van der Waals surface area contributed by atoms with E-state index in [0.29, 0.717) is 18.8 Å². The minimum Gasteiger partial charge on any atom is -0.395 e. The van der Waals surface area contributed by atoms with Crippen LogP contribution in [0, 0.1) is 0 Å². The number of rotatable bonds is 5. The molecule has 0 atom stereocenters. The van der Waals surface area contributed by atoms with Crippen LogP contribution < -0.4 is 5.73 Å². The number of pyridine rings is 1. The molecule has 0 aliphatic rings. The zero-order valence-corrected chi connectivity index (χ0v) is 12.6. The average molecular weight is 287 g/mol. The lowest BCUT2D eigenvalue weighted by atomic mass is 10.1. The van der Waals surface area contributed by atoms with Crippen LogP contribution >= 0.6 is 0 Å². The molecule has 2 heterocycles. The number of nitrogens with one attached hydrogen (secondary N) is 1. The monoisotopic (exact) mass is 287 g/mol. The van der Waals surface area contributed by atoms with Crippen molar-refractivity contribution in [3.8, 4) is 0 Å². The number of nitrogens with two attached hydrogens (primary N) is 1. The second kappa shape index (κ2) is 6.39. The molecule has 0 radical (unpaired) electrons. The van der Waals surface area contributed by atoms with Gasteiger partial charge in [-0.1, -0.05) is 19.9 Å². The minimum absolute atomic E-state index is 0.177. The lowest BCUT2D eigenvalue weighted by Crippen LogP contribution is -2.31. The van der Waals surface area contributed by atoms with Crippen molar-refractivity contribution >= 4 is 11.6 Å². The summed E-state index contributed by atoms with van der Waals surface area (Å²) in [5.74, 6) is 0.0220. The molecule has 2 aromatic heterocycles. The smallest absolute Gasteiger partial charge is 0.276 e. The number of nitrogens with zero attached hydrogens (tertiary/aromatic N) is 3. The van der Waals surface area contributed by atoms with Gasteiger partial charge in [-0.15, -0.1) is 0 Å². The molecule has 2 rings (SSSR count). The Balaban J connectivity index is 2.21. The predicted octanol–water partition coefficient (Wildman–Crippen LogP) is 2.17. The van der Waals surface area contributed by atoms with E-state index >= 15 is 0 Å². The summed E-state index contributed by atoms with van der Waals surface area (Å²) in [4.78, 5) is 18.5. The number of carbonyl (C=O) groups is 1. The number of H-pyrrole nitrogens is 1. The van der Waals surface area contributed by atoms with Crippen LogP contribution in [0.3, 0.4) is 0 Å². The van der Waals surface area contributed by atoms with Crippen LogP contribution in [-0.2, 0) is 6.54 Å². The molecule has 2 aromatic rings. The minimum atomic E-state index is -0.177.